The molecule has 3 aromatic carbocycles. The first-order chi connectivity index (χ1) is 19.1. The van der Waals surface area contributed by atoms with Crippen LogP contribution in [0.25, 0.3) is 38.0 Å². The summed E-state index contributed by atoms with van der Waals surface area (Å²) in [7, 11) is -8.73. The van der Waals surface area contributed by atoms with Crippen LogP contribution in [0.2, 0.25) is 0 Å². The number of thioether (sulfide) groups is 1. The van der Waals surface area contributed by atoms with Gasteiger partial charge in [-0.25, -0.2) is 16.8 Å². The fourth-order valence-corrected chi connectivity index (χ4v) is 8.41. The number of benzene rings is 3. The maximum atomic E-state index is 11.4. The summed E-state index contributed by atoms with van der Waals surface area (Å²) >= 11 is 3.08. The van der Waals surface area contributed by atoms with E-state index in [4.69, 9.17) is 4.42 Å². The van der Waals surface area contributed by atoms with Gasteiger partial charge in [0.25, 0.3) is 5.01 Å². The van der Waals surface area contributed by atoms with E-state index in [1.54, 1.807) is 18.0 Å². The van der Waals surface area contributed by atoms with Crippen LogP contribution in [0.15, 0.2) is 75.2 Å². The first-order valence-electron chi connectivity index (χ1n) is 12.5. The summed E-state index contributed by atoms with van der Waals surface area (Å²) in [5.41, 5.74) is 2.55. The highest BCUT2D eigenvalue weighted by Gasteiger charge is 2.30. The van der Waals surface area contributed by atoms with Crippen molar-refractivity contribution < 1.29 is 34.9 Å². The van der Waals surface area contributed by atoms with Gasteiger partial charge in [0.2, 0.25) is 5.52 Å². The number of anilines is 1. The van der Waals surface area contributed by atoms with Gasteiger partial charge >= 0.3 is 0 Å². The lowest BCUT2D eigenvalue weighted by Gasteiger charge is -2.22. The highest BCUT2D eigenvalue weighted by molar-refractivity contribution is 8.04. The van der Waals surface area contributed by atoms with Gasteiger partial charge in [0.1, 0.15) is 10.3 Å². The van der Waals surface area contributed by atoms with Gasteiger partial charge in [0.15, 0.2) is 6.54 Å². The molecular weight excluding hydrogens is 593 g/mol. The minimum absolute atomic E-state index is 0.149. The maximum absolute atomic E-state index is 11.4. The Hall–Kier alpha value is -2.94. The average molecular weight is 616 g/mol. The normalized spacial score (nSPS) is 15.2. The van der Waals surface area contributed by atoms with Crippen LogP contribution in [-0.4, -0.2) is 44.0 Å². The SMILES string of the molecule is O=S(=O)([O-])CCCN1/C(=C/c2sc3ccc4occc4c3[n+]2CCCS(=O)(=O)[O-])Sc2ccc3ccccc3c21. The molecule has 6 rings (SSSR count). The molecule has 1 aliphatic rings. The number of furan rings is 1. The molecule has 0 saturated carbocycles. The van der Waals surface area contributed by atoms with Crippen LogP contribution in [-0.2, 0) is 26.8 Å². The molecule has 1 aliphatic heterocycles. The second-order valence-corrected chi connectivity index (χ2v) is 14.6. The molecule has 9 nitrogen and oxygen atoms in total. The van der Waals surface area contributed by atoms with Gasteiger partial charge in [-0.1, -0.05) is 53.4 Å². The summed E-state index contributed by atoms with van der Waals surface area (Å²) in [6, 6.07) is 17.7. The smallest absolute Gasteiger partial charge is 0.265 e. The molecule has 0 atom stereocenters. The number of nitrogens with zero attached hydrogens (tertiary/aromatic N) is 2. The Morgan fingerprint density at radius 2 is 1.68 bits per heavy atom. The number of hydrogen-bond acceptors (Lipinski definition) is 10. The maximum Gasteiger partial charge on any atom is 0.265 e. The molecule has 0 aliphatic carbocycles. The van der Waals surface area contributed by atoms with Gasteiger partial charge in [-0.3, -0.25) is 0 Å². The quantitative estimate of drug-likeness (QED) is 0.168. The van der Waals surface area contributed by atoms with Crippen LogP contribution in [0.3, 0.4) is 0 Å². The predicted molar refractivity (Wildman–Crippen MR) is 155 cm³/mol. The third-order valence-electron chi connectivity index (χ3n) is 6.73. The van der Waals surface area contributed by atoms with E-state index in [0.29, 0.717) is 18.7 Å². The summed E-state index contributed by atoms with van der Waals surface area (Å²) in [6.07, 6.45) is 3.92. The highest BCUT2D eigenvalue weighted by atomic mass is 32.2. The van der Waals surface area contributed by atoms with E-state index in [0.717, 1.165) is 47.0 Å². The van der Waals surface area contributed by atoms with E-state index in [1.165, 1.54) is 11.3 Å². The summed E-state index contributed by atoms with van der Waals surface area (Å²) in [5, 5.41) is 4.64. The van der Waals surface area contributed by atoms with Crippen molar-refractivity contribution in [3.8, 4) is 0 Å². The van der Waals surface area contributed by atoms with Gasteiger partial charge in [-0.05, 0) is 36.1 Å². The van der Waals surface area contributed by atoms with Crippen LogP contribution in [0.5, 0.6) is 0 Å². The van der Waals surface area contributed by atoms with Crippen LogP contribution in [0.1, 0.15) is 17.8 Å². The van der Waals surface area contributed by atoms with Crippen molar-refractivity contribution in [2.24, 2.45) is 0 Å². The molecule has 208 valence electrons. The molecule has 0 radical (unpaired) electrons. The minimum Gasteiger partial charge on any atom is -0.748 e. The molecule has 0 N–H and O–H groups in total. The average Bonchev–Trinajstić information content (AvgIpc) is 3.58. The van der Waals surface area contributed by atoms with E-state index < -0.39 is 31.7 Å². The summed E-state index contributed by atoms with van der Waals surface area (Å²) < 4.78 is 76.7. The highest BCUT2D eigenvalue weighted by Crippen LogP contribution is 2.50. The van der Waals surface area contributed by atoms with Gasteiger partial charge < -0.3 is 18.4 Å². The Morgan fingerprint density at radius 1 is 0.900 bits per heavy atom. The zero-order chi connectivity index (χ0) is 28.1. The molecule has 2 aromatic heterocycles. The van der Waals surface area contributed by atoms with Gasteiger partial charge in [0.05, 0.1) is 48.7 Å². The molecule has 3 heterocycles. The summed E-state index contributed by atoms with van der Waals surface area (Å²) in [5.74, 6) is -0.941. The van der Waals surface area contributed by atoms with Gasteiger partial charge in [0, 0.05) is 34.8 Å². The van der Waals surface area contributed by atoms with Gasteiger partial charge in [-0.2, -0.15) is 4.57 Å². The lowest BCUT2D eigenvalue weighted by atomic mass is 10.1. The Morgan fingerprint density at radius 3 is 2.48 bits per heavy atom. The molecule has 0 unspecified atom stereocenters. The lowest BCUT2D eigenvalue weighted by Crippen LogP contribution is -2.36. The van der Waals surface area contributed by atoms with Crippen LogP contribution >= 0.6 is 23.1 Å². The first-order valence-corrected chi connectivity index (χ1v) is 17.2. The van der Waals surface area contributed by atoms with E-state index in [9.17, 15) is 25.9 Å². The third-order valence-corrected chi connectivity index (χ3v) is 10.5. The number of aromatic nitrogens is 1. The second kappa shape index (κ2) is 10.5. The Bertz CT molecular complexity index is 2010. The molecule has 13 heteroatoms. The number of rotatable bonds is 9. The van der Waals surface area contributed by atoms with Crippen molar-refractivity contribution >= 4 is 87.1 Å². The second-order valence-electron chi connectivity index (χ2n) is 9.44. The minimum atomic E-state index is -4.37. The number of fused-ring (bicyclic) bond motifs is 6. The molecular formula is C27H23N2O7S4-. The van der Waals surface area contributed by atoms with Crippen molar-refractivity contribution in [3.63, 3.8) is 0 Å². The monoisotopic (exact) mass is 615 g/mol. The molecule has 0 fully saturated rings. The van der Waals surface area contributed by atoms with E-state index >= 15 is 0 Å². The molecule has 0 amide bonds. The van der Waals surface area contributed by atoms with Crippen LogP contribution in [0, 0.1) is 0 Å². The topological polar surface area (TPSA) is 135 Å². The van der Waals surface area contributed by atoms with Crippen molar-refractivity contribution in [1.29, 1.82) is 0 Å². The molecule has 5 aromatic rings. The zero-order valence-electron chi connectivity index (χ0n) is 21.0. The van der Waals surface area contributed by atoms with Crippen molar-refractivity contribution in [1.82, 2.24) is 0 Å². The Balaban J connectivity index is 1.47. The number of hydrogen-bond donors (Lipinski definition) is 0. The Kier molecular flexibility index (Phi) is 7.13. The van der Waals surface area contributed by atoms with Crippen molar-refractivity contribution in [3.05, 3.63) is 70.9 Å². The largest absolute Gasteiger partial charge is 0.748 e. The molecule has 0 spiro atoms. The summed E-state index contributed by atoms with van der Waals surface area (Å²) in [4.78, 5) is 3.06. The Labute approximate surface area is 239 Å². The number of thiazole rings is 1. The van der Waals surface area contributed by atoms with Crippen LogP contribution < -0.4 is 9.47 Å². The first kappa shape index (κ1) is 27.2. The zero-order valence-corrected chi connectivity index (χ0v) is 24.2. The van der Waals surface area contributed by atoms with Crippen molar-refractivity contribution in [2.75, 3.05) is 23.0 Å². The van der Waals surface area contributed by atoms with Crippen molar-refractivity contribution in [2.45, 2.75) is 24.3 Å². The summed E-state index contributed by atoms with van der Waals surface area (Å²) in [6.45, 7) is 0.631. The van der Waals surface area contributed by atoms with E-state index in [2.05, 4.69) is 4.90 Å². The molecule has 40 heavy (non-hydrogen) atoms. The third kappa shape index (κ3) is 5.49. The van der Waals surface area contributed by atoms with Gasteiger partial charge in [-0.15, -0.1) is 0 Å². The predicted octanol–water partition coefficient (Wildman–Crippen LogP) is 4.87. The van der Waals surface area contributed by atoms with E-state index in [1.807, 2.05) is 65.2 Å². The van der Waals surface area contributed by atoms with E-state index in [-0.39, 0.29) is 12.8 Å². The van der Waals surface area contributed by atoms with Crippen LogP contribution in [0.4, 0.5) is 5.69 Å². The fraction of sp³-hybridized carbons (Fsp3) is 0.222. The molecule has 0 bridgehead atoms. The standard InChI is InChI=1S/C27H24N2O7S4/c30-39(31,32)15-3-12-28-24(37-22-9-7-18-5-1-2-6-19(18)26(22)28)17-25-29(13-4-16-40(33,34)35)27-20-11-14-36-21(20)8-10-23(27)38-25/h1-2,5-11,14,17H,3-4,12-13,15-16H2,(H-,30,31,32,33,34,35)/p-1. The number of aryl methyl sites for hydroxylation is 1. The fourth-order valence-electron chi connectivity index (χ4n) is 5.08. The molecule has 0 saturated heterocycles. The lowest BCUT2D eigenvalue weighted by molar-refractivity contribution is -0.667.